The van der Waals surface area contributed by atoms with Gasteiger partial charge in [0.2, 0.25) is 5.78 Å². The largest absolute Gasteiger partial charge is 0.314 e. The number of ketones is 1. The number of hydroxylamine groups is 2. The number of amides is 1. The highest BCUT2D eigenvalue weighted by atomic mass is 16.7. The zero-order chi connectivity index (χ0) is 16.4. The number of rotatable bonds is 4. The Morgan fingerprint density at radius 1 is 1.00 bits per heavy atom. The molecule has 3 aromatic rings. The summed E-state index contributed by atoms with van der Waals surface area (Å²) in [6.07, 6.45) is 1.81. The van der Waals surface area contributed by atoms with E-state index in [1.165, 1.54) is 14.2 Å². The summed E-state index contributed by atoms with van der Waals surface area (Å²) in [4.78, 5) is 30.1. The van der Waals surface area contributed by atoms with E-state index in [1.807, 2.05) is 30.3 Å². The van der Waals surface area contributed by atoms with Crippen molar-refractivity contribution in [2.24, 2.45) is 0 Å². The molecule has 0 atom stereocenters. The second-order valence-electron chi connectivity index (χ2n) is 5.11. The Balaban J connectivity index is 2.14. The first kappa shape index (κ1) is 15.0. The van der Waals surface area contributed by atoms with E-state index in [1.54, 1.807) is 34.9 Å². The lowest BCUT2D eigenvalue weighted by molar-refractivity contribution is -0.0756. The maximum atomic E-state index is 12.8. The van der Waals surface area contributed by atoms with E-state index in [0.717, 1.165) is 10.6 Å². The Morgan fingerprint density at radius 3 is 2.43 bits per heavy atom. The van der Waals surface area contributed by atoms with Crippen molar-refractivity contribution < 1.29 is 14.4 Å². The molecule has 0 aliphatic rings. The molecule has 0 N–H and O–H groups in total. The first-order valence-corrected chi connectivity index (χ1v) is 7.15. The summed E-state index contributed by atoms with van der Waals surface area (Å²) < 4.78 is 1.78. The molecule has 0 aliphatic carbocycles. The maximum Gasteiger partial charge on any atom is 0.277 e. The lowest BCUT2D eigenvalue weighted by atomic mass is 10.1. The van der Waals surface area contributed by atoms with Gasteiger partial charge in [0.1, 0.15) is 0 Å². The van der Waals surface area contributed by atoms with Crippen molar-refractivity contribution in [1.82, 2.24) is 9.46 Å². The van der Waals surface area contributed by atoms with Crippen LogP contribution in [-0.2, 0) is 4.84 Å². The van der Waals surface area contributed by atoms with Gasteiger partial charge in [-0.25, -0.2) is 5.06 Å². The predicted octanol–water partition coefficient (Wildman–Crippen LogP) is 2.80. The van der Waals surface area contributed by atoms with Crippen LogP contribution in [-0.4, -0.2) is 35.3 Å². The van der Waals surface area contributed by atoms with Gasteiger partial charge in [0, 0.05) is 29.9 Å². The third-order valence-corrected chi connectivity index (χ3v) is 3.71. The lowest BCUT2D eigenvalue weighted by Crippen LogP contribution is -2.26. The predicted molar refractivity (Wildman–Crippen MR) is 86.4 cm³/mol. The Morgan fingerprint density at radius 2 is 1.74 bits per heavy atom. The van der Waals surface area contributed by atoms with E-state index in [9.17, 15) is 9.59 Å². The zero-order valence-corrected chi connectivity index (χ0v) is 12.9. The van der Waals surface area contributed by atoms with Gasteiger partial charge in [0.25, 0.3) is 5.91 Å². The maximum absolute atomic E-state index is 12.8. The normalized spacial score (nSPS) is 10.7. The molecule has 0 saturated heterocycles. The molecule has 0 radical (unpaired) electrons. The van der Waals surface area contributed by atoms with E-state index in [-0.39, 0.29) is 11.7 Å². The molecule has 116 valence electrons. The third kappa shape index (κ3) is 2.74. The first-order valence-electron chi connectivity index (χ1n) is 7.15. The highest BCUT2D eigenvalue weighted by molar-refractivity contribution is 6.09. The number of hydrogen-bond acceptors (Lipinski definition) is 3. The summed E-state index contributed by atoms with van der Waals surface area (Å²) in [5.74, 6) is -0.445. The number of nitrogens with zero attached hydrogens (tertiary/aromatic N) is 2. The van der Waals surface area contributed by atoms with Crippen LogP contribution in [0.15, 0.2) is 60.8 Å². The van der Waals surface area contributed by atoms with E-state index >= 15 is 0 Å². The minimum Gasteiger partial charge on any atom is -0.314 e. The quantitative estimate of drug-likeness (QED) is 0.550. The molecular weight excluding hydrogens is 292 g/mol. The second-order valence-corrected chi connectivity index (χ2v) is 5.11. The SMILES string of the molecule is CON(C)C(=O)c1cc(C(=O)c2ccccc2)n2cccc2c1. The number of fused-ring (bicyclic) bond motifs is 1. The molecule has 0 aliphatic heterocycles. The smallest absolute Gasteiger partial charge is 0.277 e. The molecule has 0 bridgehead atoms. The van der Waals surface area contributed by atoms with E-state index < -0.39 is 0 Å². The highest BCUT2D eigenvalue weighted by Crippen LogP contribution is 2.18. The van der Waals surface area contributed by atoms with Crippen LogP contribution in [0.1, 0.15) is 26.4 Å². The van der Waals surface area contributed by atoms with Crippen LogP contribution in [0.4, 0.5) is 0 Å². The molecule has 5 nitrogen and oxygen atoms in total. The average molecular weight is 308 g/mol. The van der Waals surface area contributed by atoms with Crippen LogP contribution in [0.3, 0.4) is 0 Å². The summed E-state index contributed by atoms with van der Waals surface area (Å²) >= 11 is 0. The number of benzene rings is 1. The molecule has 3 rings (SSSR count). The first-order chi connectivity index (χ1) is 11.1. The van der Waals surface area contributed by atoms with Gasteiger partial charge in [-0.3, -0.25) is 14.4 Å². The molecular formula is C18H16N2O3. The summed E-state index contributed by atoms with van der Waals surface area (Å²) in [7, 11) is 2.95. The number of carbonyl (C=O) groups excluding carboxylic acids is 2. The molecule has 1 aromatic carbocycles. The summed E-state index contributed by atoms with van der Waals surface area (Å²) in [5, 5.41) is 1.13. The number of aromatic nitrogens is 1. The molecule has 2 aromatic heterocycles. The molecule has 0 fully saturated rings. The van der Waals surface area contributed by atoms with Gasteiger partial charge in [0.05, 0.1) is 12.8 Å². The molecule has 1 amide bonds. The summed E-state index contributed by atoms with van der Waals surface area (Å²) in [6, 6.07) is 16.0. The summed E-state index contributed by atoms with van der Waals surface area (Å²) in [6.45, 7) is 0. The van der Waals surface area contributed by atoms with Gasteiger partial charge in [0.15, 0.2) is 0 Å². The molecule has 5 heteroatoms. The monoisotopic (exact) mass is 308 g/mol. The van der Waals surface area contributed by atoms with E-state index in [2.05, 4.69) is 0 Å². The third-order valence-electron chi connectivity index (χ3n) is 3.71. The van der Waals surface area contributed by atoms with E-state index in [0.29, 0.717) is 16.8 Å². The highest BCUT2D eigenvalue weighted by Gasteiger charge is 2.18. The summed E-state index contributed by atoms with van der Waals surface area (Å²) in [5.41, 5.74) is 2.19. The van der Waals surface area contributed by atoms with Crippen LogP contribution in [0.5, 0.6) is 0 Å². The Hall–Kier alpha value is -2.92. The van der Waals surface area contributed by atoms with Crippen LogP contribution in [0.2, 0.25) is 0 Å². The van der Waals surface area contributed by atoms with Gasteiger partial charge in [-0.05, 0) is 24.3 Å². The van der Waals surface area contributed by atoms with Gasteiger partial charge in [-0.1, -0.05) is 30.3 Å². The second kappa shape index (κ2) is 6.06. The van der Waals surface area contributed by atoms with Crippen LogP contribution in [0.25, 0.3) is 5.52 Å². The lowest BCUT2D eigenvalue weighted by Gasteiger charge is -2.15. The number of carbonyl (C=O) groups is 2. The van der Waals surface area contributed by atoms with Crippen LogP contribution < -0.4 is 0 Å². The minimum atomic E-state index is -0.307. The fraction of sp³-hybridized carbons (Fsp3) is 0.111. The van der Waals surface area contributed by atoms with Crippen molar-refractivity contribution in [3.63, 3.8) is 0 Å². The van der Waals surface area contributed by atoms with Crippen LogP contribution >= 0.6 is 0 Å². The topological polar surface area (TPSA) is 51.0 Å². The Kier molecular flexibility index (Phi) is 3.95. The molecule has 0 spiro atoms. The van der Waals surface area contributed by atoms with Crippen molar-refractivity contribution >= 4 is 17.2 Å². The molecule has 23 heavy (non-hydrogen) atoms. The van der Waals surface area contributed by atoms with Crippen molar-refractivity contribution in [3.05, 3.63) is 77.6 Å². The molecule has 0 saturated carbocycles. The van der Waals surface area contributed by atoms with Crippen LogP contribution in [0, 0.1) is 0 Å². The van der Waals surface area contributed by atoms with Crippen molar-refractivity contribution in [2.75, 3.05) is 14.2 Å². The minimum absolute atomic E-state index is 0.137. The van der Waals surface area contributed by atoms with Gasteiger partial charge >= 0.3 is 0 Å². The van der Waals surface area contributed by atoms with Gasteiger partial charge < -0.3 is 4.40 Å². The molecule has 2 heterocycles. The van der Waals surface area contributed by atoms with Gasteiger partial charge in [-0.15, -0.1) is 0 Å². The van der Waals surface area contributed by atoms with Crippen molar-refractivity contribution in [2.45, 2.75) is 0 Å². The number of pyridine rings is 1. The van der Waals surface area contributed by atoms with Crippen molar-refractivity contribution in [3.8, 4) is 0 Å². The molecule has 0 unspecified atom stereocenters. The van der Waals surface area contributed by atoms with E-state index in [4.69, 9.17) is 4.84 Å². The Bertz CT molecular complexity index is 868. The average Bonchev–Trinajstić information content (AvgIpc) is 3.08. The van der Waals surface area contributed by atoms with Crippen molar-refractivity contribution in [1.29, 1.82) is 0 Å². The Labute approximate surface area is 133 Å². The standard InChI is InChI=1S/C18H16N2O3/c1-19(23-2)18(22)14-11-15-9-6-10-20(15)16(12-14)17(21)13-7-4-3-5-8-13/h3-12H,1-2H3. The zero-order valence-electron chi connectivity index (χ0n) is 12.9. The fourth-order valence-electron chi connectivity index (χ4n) is 2.45. The fourth-order valence-corrected chi connectivity index (χ4v) is 2.45. The number of hydrogen-bond donors (Lipinski definition) is 0. The van der Waals surface area contributed by atoms with Gasteiger partial charge in [-0.2, -0.15) is 0 Å².